The lowest BCUT2D eigenvalue weighted by atomic mass is 9.85. The highest BCUT2D eigenvalue weighted by Gasteiger charge is 2.28. The molecule has 1 aliphatic rings. The van der Waals surface area contributed by atoms with Crippen molar-refractivity contribution in [2.24, 2.45) is 5.92 Å². The van der Waals surface area contributed by atoms with E-state index >= 15 is 0 Å². The fourth-order valence-electron chi connectivity index (χ4n) is 3.55. The average Bonchev–Trinajstić information content (AvgIpc) is 2.71. The lowest BCUT2D eigenvalue weighted by Crippen LogP contribution is -2.43. The van der Waals surface area contributed by atoms with Gasteiger partial charge in [-0.15, -0.1) is 0 Å². The lowest BCUT2D eigenvalue weighted by Gasteiger charge is -2.35. The van der Waals surface area contributed by atoms with E-state index in [0.717, 1.165) is 23.4 Å². The fourth-order valence-corrected chi connectivity index (χ4v) is 3.55. The monoisotopic (exact) mass is 406 g/mol. The Balaban J connectivity index is 1.84. The Morgan fingerprint density at radius 1 is 1.13 bits per heavy atom. The molecule has 0 radical (unpaired) electrons. The number of ether oxygens (including phenoxy) is 1. The van der Waals surface area contributed by atoms with Crippen LogP contribution in [0.3, 0.4) is 0 Å². The topological polar surface area (TPSA) is 67.4 Å². The van der Waals surface area contributed by atoms with Crippen LogP contribution in [0.2, 0.25) is 0 Å². The van der Waals surface area contributed by atoms with Crippen LogP contribution >= 0.6 is 0 Å². The molecule has 0 unspecified atom stereocenters. The zero-order chi connectivity index (χ0) is 21.9. The van der Waals surface area contributed by atoms with Crippen molar-refractivity contribution in [2.75, 3.05) is 13.7 Å². The van der Waals surface area contributed by atoms with Crippen LogP contribution in [-0.4, -0.2) is 30.9 Å². The number of hydrogen-bond acceptors (Lipinski definition) is 4. The Kier molecular flexibility index (Phi) is 6.30. The summed E-state index contributed by atoms with van der Waals surface area (Å²) in [5, 5.41) is 6.36. The van der Waals surface area contributed by atoms with E-state index in [1.165, 1.54) is 5.56 Å². The molecule has 2 N–H and O–H groups in total. The van der Waals surface area contributed by atoms with Crippen LogP contribution in [0.25, 0.3) is 5.70 Å². The van der Waals surface area contributed by atoms with Crippen LogP contribution in [0.4, 0.5) is 0 Å². The zero-order valence-corrected chi connectivity index (χ0v) is 18.3. The van der Waals surface area contributed by atoms with E-state index in [1.54, 1.807) is 37.5 Å². The van der Waals surface area contributed by atoms with Crippen molar-refractivity contribution in [3.8, 4) is 5.75 Å². The van der Waals surface area contributed by atoms with Crippen LogP contribution < -0.4 is 15.4 Å². The second-order valence-corrected chi connectivity index (χ2v) is 8.81. The van der Waals surface area contributed by atoms with E-state index in [9.17, 15) is 9.59 Å². The highest BCUT2D eigenvalue weighted by Crippen LogP contribution is 2.32. The number of carbonyl (C=O) groups is 2. The van der Waals surface area contributed by atoms with Gasteiger partial charge in [-0.3, -0.25) is 9.59 Å². The maximum Gasteiger partial charge on any atom is 0.251 e. The van der Waals surface area contributed by atoms with Gasteiger partial charge in [0.1, 0.15) is 5.75 Å². The number of rotatable bonds is 6. The number of allylic oxidation sites excluding steroid dienone is 1. The number of methoxy groups -OCH3 is 1. The van der Waals surface area contributed by atoms with Crippen LogP contribution in [0.15, 0.2) is 48.5 Å². The summed E-state index contributed by atoms with van der Waals surface area (Å²) in [5.74, 6) is 0.899. The quantitative estimate of drug-likeness (QED) is 0.557. The van der Waals surface area contributed by atoms with Gasteiger partial charge in [0.2, 0.25) is 0 Å². The van der Waals surface area contributed by atoms with Crippen LogP contribution in [0.1, 0.15) is 59.5 Å². The minimum atomic E-state index is -0.161. The van der Waals surface area contributed by atoms with Crippen molar-refractivity contribution >= 4 is 17.4 Å². The number of hydrogen-bond donors (Lipinski definition) is 2. The molecule has 0 aliphatic carbocycles. The minimum Gasteiger partial charge on any atom is -0.497 e. The van der Waals surface area contributed by atoms with Gasteiger partial charge in [-0.2, -0.15) is 0 Å². The summed E-state index contributed by atoms with van der Waals surface area (Å²) < 4.78 is 5.36. The summed E-state index contributed by atoms with van der Waals surface area (Å²) in [7, 11) is 1.63. The average molecular weight is 407 g/mol. The summed E-state index contributed by atoms with van der Waals surface area (Å²) in [5.41, 5.74) is 3.86. The molecule has 3 rings (SSSR count). The zero-order valence-electron chi connectivity index (χ0n) is 18.3. The lowest BCUT2D eigenvalue weighted by molar-refractivity contribution is 0.0947. The summed E-state index contributed by atoms with van der Waals surface area (Å²) in [6.45, 7) is 8.94. The van der Waals surface area contributed by atoms with E-state index < -0.39 is 0 Å². The van der Waals surface area contributed by atoms with Crippen LogP contribution in [-0.2, 0) is 6.42 Å². The highest BCUT2D eigenvalue weighted by atomic mass is 16.5. The van der Waals surface area contributed by atoms with Crippen molar-refractivity contribution in [3.05, 3.63) is 70.8 Å². The molecule has 1 amide bonds. The number of nitrogens with one attached hydrogen (secondary N) is 2. The predicted molar refractivity (Wildman–Crippen MR) is 120 cm³/mol. The molecule has 2 aromatic carbocycles. The fraction of sp³-hybridized carbons (Fsp3) is 0.360. The van der Waals surface area contributed by atoms with Crippen molar-refractivity contribution < 1.29 is 14.3 Å². The molecule has 0 bridgehead atoms. The molecule has 0 saturated carbocycles. The molecule has 0 fully saturated rings. The Morgan fingerprint density at radius 2 is 1.80 bits per heavy atom. The molecule has 0 spiro atoms. The number of fused-ring (bicyclic) bond motifs is 1. The third-order valence-corrected chi connectivity index (χ3v) is 5.09. The molecule has 158 valence electrons. The first-order valence-corrected chi connectivity index (χ1v) is 10.3. The molecule has 5 nitrogen and oxygen atoms in total. The third-order valence-electron chi connectivity index (χ3n) is 5.09. The smallest absolute Gasteiger partial charge is 0.251 e. The van der Waals surface area contributed by atoms with Crippen LogP contribution in [0.5, 0.6) is 5.75 Å². The molecule has 1 heterocycles. The van der Waals surface area contributed by atoms with Gasteiger partial charge in [0.25, 0.3) is 5.91 Å². The van der Waals surface area contributed by atoms with E-state index in [4.69, 9.17) is 4.74 Å². The van der Waals surface area contributed by atoms with E-state index in [0.29, 0.717) is 23.6 Å². The molecule has 30 heavy (non-hydrogen) atoms. The van der Waals surface area contributed by atoms with E-state index in [1.807, 2.05) is 26.0 Å². The van der Waals surface area contributed by atoms with Crippen molar-refractivity contribution in [1.82, 2.24) is 10.6 Å². The van der Waals surface area contributed by atoms with Crippen molar-refractivity contribution in [2.45, 2.75) is 39.7 Å². The first-order chi connectivity index (χ1) is 14.2. The molecule has 0 aromatic heterocycles. The van der Waals surface area contributed by atoms with Gasteiger partial charge in [-0.25, -0.2) is 0 Å². The molecular formula is C25H30N2O3. The van der Waals surface area contributed by atoms with Gasteiger partial charge in [0.05, 0.1) is 7.11 Å². The number of amides is 1. The first kappa shape index (κ1) is 21.6. The van der Waals surface area contributed by atoms with Gasteiger partial charge >= 0.3 is 0 Å². The number of ketones is 1. The second-order valence-electron chi connectivity index (χ2n) is 8.81. The predicted octanol–water partition coefficient (Wildman–Crippen LogP) is 4.23. The molecule has 0 saturated heterocycles. The molecule has 2 aromatic rings. The van der Waals surface area contributed by atoms with Gasteiger partial charge in [-0.1, -0.05) is 32.0 Å². The number of carbonyl (C=O) groups excluding carboxylic acids is 2. The van der Waals surface area contributed by atoms with Crippen molar-refractivity contribution in [3.63, 3.8) is 0 Å². The summed E-state index contributed by atoms with van der Waals surface area (Å²) in [4.78, 5) is 25.1. The number of benzene rings is 2. The second kappa shape index (κ2) is 8.74. The Morgan fingerprint density at radius 3 is 2.43 bits per heavy atom. The van der Waals surface area contributed by atoms with Gasteiger partial charge in [-0.05, 0) is 56.0 Å². The molecule has 5 heteroatoms. The highest BCUT2D eigenvalue weighted by molar-refractivity contribution is 6.09. The molecular weight excluding hydrogens is 376 g/mol. The van der Waals surface area contributed by atoms with Gasteiger partial charge in [0.15, 0.2) is 5.78 Å². The molecule has 0 atom stereocenters. The third kappa shape index (κ3) is 5.09. The minimum absolute atomic E-state index is 0.113. The largest absolute Gasteiger partial charge is 0.497 e. The maximum absolute atomic E-state index is 12.9. The molecule has 1 aliphatic heterocycles. The summed E-state index contributed by atoms with van der Waals surface area (Å²) in [6, 6.07) is 12.7. The SMILES string of the molecule is COc1ccc2c(c1)C(=CC(=O)c1ccc(C(=O)NCC(C)C)cc1)NC(C)(C)C2. The van der Waals surface area contributed by atoms with Gasteiger partial charge < -0.3 is 15.4 Å². The Labute approximate surface area is 178 Å². The first-order valence-electron chi connectivity index (χ1n) is 10.3. The van der Waals surface area contributed by atoms with Gasteiger partial charge in [0, 0.05) is 40.5 Å². The Bertz CT molecular complexity index is 972. The maximum atomic E-state index is 12.9. The van der Waals surface area contributed by atoms with E-state index in [-0.39, 0.29) is 17.2 Å². The van der Waals surface area contributed by atoms with E-state index in [2.05, 4.69) is 30.5 Å². The Hall–Kier alpha value is -3.08. The summed E-state index contributed by atoms with van der Waals surface area (Å²) in [6.07, 6.45) is 2.49. The standard InChI is InChI=1S/C25H30N2O3/c1-16(2)15-26-24(29)18-8-6-17(7-9-18)23(28)13-22-21-12-20(30-5)11-10-19(21)14-25(3,4)27-22/h6-13,16,27H,14-15H2,1-5H3,(H,26,29). The summed E-state index contributed by atoms with van der Waals surface area (Å²) >= 11 is 0. The van der Waals surface area contributed by atoms with Crippen molar-refractivity contribution in [1.29, 1.82) is 0 Å². The van der Waals surface area contributed by atoms with Crippen LogP contribution in [0, 0.1) is 5.92 Å². The normalized spacial score (nSPS) is 16.0.